The van der Waals surface area contributed by atoms with Gasteiger partial charge in [-0.25, -0.2) is 13.8 Å². The molecule has 0 saturated heterocycles. The van der Waals surface area contributed by atoms with Crippen LogP contribution < -0.4 is 11.1 Å². The van der Waals surface area contributed by atoms with Crippen LogP contribution in [0, 0.1) is 0 Å². The molecule has 0 fully saturated rings. The monoisotopic (exact) mass is 203 g/mol. The fraction of sp³-hybridized carbons (Fsp3) is 0.375. The standard InChI is InChI=1S/C8H11F2N3O/c9-7(10)6(14)4-13-5-2-1-3-12-8(5)11/h1-3,6-7,13-14H,4H2,(H2,11,12). The summed E-state index contributed by atoms with van der Waals surface area (Å²) in [5.74, 6) is 0.217. The van der Waals surface area contributed by atoms with E-state index in [9.17, 15) is 8.78 Å². The second-order valence-corrected chi connectivity index (χ2v) is 2.72. The van der Waals surface area contributed by atoms with Crippen LogP contribution in [0.4, 0.5) is 20.3 Å². The summed E-state index contributed by atoms with van der Waals surface area (Å²) in [6, 6.07) is 3.22. The Balaban J connectivity index is 2.50. The van der Waals surface area contributed by atoms with Gasteiger partial charge in [0.25, 0.3) is 6.43 Å². The Morgan fingerprint density at radius 3 is 2.86 bits per heavy atom. The lowest BCUT2D eigenvalue weighted by molar-refractivity contribution is 0.00385. The van der Waals surface area contributed by atoms with Crippen molar-refractivity contribution in [1.82, 2.24) is 4.98 Å². The van der Waals surface area contributed by atoms with E-state index >= 15 is 0 Å². The topological polar surface area (TPSA) is 71.2 Å². The summed E-state index contributed by atoms with van der Waals surface area (Å²) in [6.45, 7) is -0.256. The number of pyridine rings is 1. The number of nitrogens with two attached hydrogens (primary N) is 1. The number of anilines is 2. The summed E-state index contributed by atoms with van der Waals surface area (Å²) >= 11 is 0. The highest BCUT2D eigenvalue weighted by molar-refractivity contribution is 5.60. The summed E-state index contributed by atoms with van der Waals surface area (Å²) in [4.78, 5) is 3.75. The zero-order valence-corrected chi connectivity index (χ0v) is 7.32. The van der Waals surface area contributed by atoms with Gasteiger partial charge in [-0.3, -0.25) is 0 Å². The van der Waals surface area contributed by atoms with Crippen molar-refractivity contribution in [3.05, 3.63) is 18.3 Å². The maximum atomic E-state index is 11.9. The van der Waals surface area contributed by atoms with Crippen molar-refractivity contribution in [3.8, 4) is 0 Å². The summed E-state index contributed by atoms with van der Waals surface area (Å²) in [5.41, 5.74) is 5.88. The highest BCUT2D eigenvalue weighted by atomic mass is 19.3. The first-order chi connectivity index (χ1) is 6.61. The van der Waals surface area contributed by atoms with Gasteiger partial charge in [0, 0.05) is 12.7 Å². The summed E-state index contributed by atoms with van der Waals surface area (Å²) in [7, 11) is 0. The largest absolute Gasteiger partial charge is 0.385 e. The van der Waals surface area contributed by atoms with Crippen LogP contribution in [0.25, 0.3) is 0 Å². The van der Waals surface area contributed by atoms with E-state index in [2.05, 4.69) is 10.3 Å². The highest BCUT2D eigenvalue weighted by Gasteiger charge is 2.16. The average Bonchev–Trinajstić information content (AvgIpc) is 2.16. The minimum Gasteiger partial charge on any atom is -0.385 e. The molecule has 14 heavy (non-hydrogen) atoms. The lowest BCUT2D eigenvalue weighted by Crippen LogP contribution is -2.27. The number of hydrogen-bond acceptors (Lipinski definition) is 4. The molecule has 0 radical (unpaired) electrons. The van der Waals surface area contributed by atoms with Crippen LogP contribution in [0.2, 0.25) is 0 Å². The van der Waals surface area contributed by atoms with Crippen molar-refractivity contribution < 1.29 is 13.9 Å². The molecule has 0 amide bonds. The van der Waals surface area contributed by atoms with Crippen molar-refractivity contribution in [1.29, 1.82) is 0 Å². The van der Waals surface area contributed by atoms with Gasteiger partial charge in [-0.15, -0.1) is 0 Å². The highest BCUT2D eigenvalue weighted by Crippen LogP contribution is 2.13. The third-order valence-electron chi connectivity index (χ3n) is 1.63. The molecule has 0 aromatic carbocycles. The third-order valence-corrected chi connectivity index (χ3v) is 1.63. The number of nitrogen functional groups attached to an aromatic ring is 1. The first-order valence-corrected chi connectivity index (χ1v) is 4.02. The molecule has 0 spiro atoms. The molecule has 4 N–H and O–H groups in total. The van der Waals surface area contributed by atoms with Gasteiger partial charge in [0.05, 0.1) is 5.69 Å². The number of nitrogens with zero attached hydrogens (tertiary/aromatic N) is 1. The predicted molar refractivity (Wildman–Crippen MR) is 49.1 cm³/mol. The summed E-state index contributed by atoms with van der Waals surface area (Å²) in [5, 5.41) is 11.4. The number of alkyl halides is 2. The zero-order chi connectivity index (χ0) is 10.6. The molecule has 0 saturated carbocycles. The van der Waals surface area contributed by atoms with Crippen LogP contribution in [-0.4, -0.2) is 29.2 Å². The van der Waals surface area contributed by atoms with Crippen LogP contribution in [0.15, 0.2) is 18.3 Å². The minimum absolute atomic E-state index is 0.217. The van der Waals surface area contributed by atoms with Gasteiger partial charge >= 0.3 is 0 Å². The van der Waals surface area contributed by atoms with Crippen LogP contribution in [0.1, 0.15) is 0 Å². The molecule has 1 atom stereocenters. The van der Waals surface area contributed by atoms with Crippen LogP contribution in [0.5, 0.6) is 0 Å². The summed E-state index contributed by atoms with van der Waals surface area (Å²) in [6.07, 6.45) is -2.97. The van der Waals surface area contributed by atoms with E-state index in [1.165, 1.54) is 6.20 Å². The lowest BCUT2D eigenvalue weighted by Gasteiger charge is -2.12. The van der Waals surface area contributed by atoms with E-state index in [0.717, 1.165) is 0 Å². The molecule has 1 rings (SSSR count). The number of hydrogen-bond donors (Lipinski definition) is 3. The molecule has 0 aliphatic rings. The smallest absolute Gasteiger partial charge is 0.265 e. The van der Waals surface area contributed by atoms with E-state index in [1.807, 2.05) is 0 Å². The minimum atomic E-state index is -2.76. The Morgan fingerprint density at radius 2 is 2.29 bits per heavy atom. The van der Waals surface area contributed by atoms with E-state index in [4.69, 9.17) is 10.8 Å². The Morgan fingerprint density at radius 1 is 1.57 bits per heavy atom. The molecule has 4 nitrogen and oxygen atoms in total. The van der Waals surface area contributed by atoms with Gasteiger partial charge in [0.1, 0.15) is 11.9 Å². The number of aliphatic hydroxyl groups excluding tert-OH is 1. The van der Waals surface area contributed by atoms with Gasteiger partial charge < -0.3 is 16.2 Å². The number of halogens is 2. The Kier molecular flexibility index (Phi) is 3.58. The Hall–Kier alpha value is -1.43. The first kappa shape index (κ1) is 10.6. The van der Waals surface area contributed by atoms with Crippen LogP contribution >= 0.6 is 0 Å². The fourth-order valence-electron chi connectivity index (χ4n) is 0.871. The van der Waals surface area contributed by atoms with Gasteiger partial charge in [-0.1, -0.05) is 0 Å². The maximum absolute atomic E-state index is 11.9. The molecule has 0 aliphatic carbocycles. The zero-order valence-electron chi connectivity index (χ0n) is 7.32. The van der Waals surface area contributed by atoms with Crippen molar-refractivity contribution in [2.75, 3.05) is 17.6 Å². The molecule has 1 aromatic heterocycles. The quantitative estimate of drug-likeness (QED) is 0.673. The second kappa shape index (κ2) is 4.71. The molecule has 78 valence electrons. The average molecular weight is 203 g/mol. The molecule has 6 heteroatoms. The van der Waals surface area contributed by atoms with Crippen molar-refractivity contribution in [3.63, 3.8) is 0 Å². The second-order valence-electron chi connectivity index (χ2n) is 2.72. The van der Waals surface area contributed by atoms with E-state index < -0.39 is 12.5 Å². The number of aliphatic hydroxyl groups is 1. The van der Waals surface area contributed by atoms with Gasteiger partial charge in [-0.05, 0) is 12.1 Å². The van der Waals surface area contributed by atoms with Crippen LogP contribution in [-0.2, 0) is 0 Å². The van der Waals surface area contributed by atoms with Crippen LogP contribution in [0.3, 0.4) is 0 Å². The van der Waals surface area contributed by atoms with E-state index in [1.54, 1.807) is 12.1 Å². The molecule has 1 heterocycles. The molecular weight excluding hydrogens is 192 g/mol. The molecule has 1 aromatic rings. The SMILES string of the molecule is Nc1ncccc1NCC(O)C(F)F. The van der Waals surface area contributed by atoms with Crippen molar-refractivity contribution in [2.24, 2.45) is 0 Å². The maximum Gasteiger partial charge on any atom is 0.265 e. The number of nitrogens with one attached hydrogen (secondary N) is 1. The molecular formula is C8H11F2N3O. The van der Waals surface area contributed by atoms with E-state index in [-0.39, 0.29) is 12.4 Å². The number of aromatic nitrogens is 1. The number of rotatable bonds is 4. The van der Waals surface area contributed by atoms with Crippen molar-refractivity contribution in [2.45, 2.75) is 12.5 Å². The van der Waals surface area contributed by atoms with Gasteiger partial charge in [-0.2, -0.15) is 0 Å². The molecule has 0 bridgehead atoms. The van der Waals surface area contributed by atoms with Crippen molar-refractivity contribution >= 4 is 11.5 Å². The molecule has 1 unspecified atom stereocenters. The third kappa shape index (κ3) is 2.81. The fourth-order valence-corrected chi connectivity index (χ4v) is 0.871. The Bertz CT molecular complexity index is 296. The molecule has 0 aliphatic heterocycles. The first-order valence-electron chi connectivity index (χ1n) is 4.02. The summed E-state index contributed by atoms with van der Waals surface area (Å²) < 4.78 is 23.8. The normalized spacial score (nSPS) is 12.9. The van der Waals surface area contributed by atoms with E-state index in [0.29, 0.717) is 5.69 Å². The van der Waals surface area contributed by atoms with Gasteiger partial charge in [0.15, 0.2) is 0 Å². The predicted octanol–water partition coefficient (Wildman–Crippen LogP) is 0.702. The Labute approximate surface area is 79.8 Å². The lowest BCUT2D eigenvalue weighted by atomic mass is 10.3. The van der Waals surface area contributed by atoms with Gasteiger partial charge in [0.2, 0.25) is 0 Å².